The molecular formula is C28H30N6O3. The highest BCUT2D eigenvalue weighted by molar-refractivity contribution is 5.97. The largest absolute Gasteiger partial charge is 0.395 e. The summed E-state index contributed by atoms with van der Waals surface area (Å²) in [6.07, 6.45) is 1.54. The van der Waals surface area contributed by atoms with Crippen molar-refractivity contribution in [3.8, 4) is 17.5 Å². The number of pyridine rings is 1. The van der Waals surface area contributed by atoms with Crippen LogP contribution in [0.1, 0.15) is 41.3 Å². The molecule has 37 heavy (non-hydrogen) atoms. The molecule has 0 bridgehead atoms. The molecule has 9 nitrogen and oxygen atoms in total. The number of aliphatic hydroxyl groups is 1. The molecule has 0 atom stereocenters. The van der Waals surface area contributed by atoms with Crippen LogP contribution in [0.25, 0.3) is 22.3 Å². The van der Waals surface area contributed by atoms with Crippen LogP contribution >= 0.6 is 0 Å². The van der Waals surface area contributed by atoms with Gasteiger partial charge in [0, 0.05) is 49.2 Å². The Morgan fingerprint density at radius 1 is 1.19 bits per heavy atom. The molecule has 1 aliphatic rings. The van der Waals surface area contributed by atoms with Crippen molar-refractivity contribution in [1.82, 2.24) is 14.7 Å². The van der Waals surface area contributed by atoms with Crippen LogP contribution in [0.3, 0.4) is 0 Å². The molecule has 3 heterocycles. The van der Waals surface area contributed by atoms with E-state index in [0.29, 0.717) is 37.0 Å². The Morgan fingerprint density at radius 2 is 1.95 bits per heavy atom. The Morgan fingerprint density at radius 3 is 2.65 bits per heavy atom. The van der Waals surface area contributed by atoms with Crippen LogP contribution in [0.15, 0.2) is 45.7 Å². The molecule has 1 fully saturated rings. The molecular weight excluding hydrogens is 468 g/mol. The fourth-order valence-electron chi connectivity index (χ4n) is 5.17. The zero-order valence-electron chi connectivity index (χ0n) is 21.3. The smallest absolute Gasteiger partial charge is 0.270 e. The number of hydrogen-bond donors (Lipinski definition) is 2. The van der Waals surface area contributed by atoms with Crippen LogP contribution in [-0.2, 0) is 7.05 Å². The molecule has 1 aliphatic heterocycles. The van der Waals surface area contributed by atoms with E-state index in [2.05, 4.69) is 21.4 Å². The Kier molecular flexibility index (Phi) is 6.68. The van der Waals surface area contributed by atoms with Gasteiger partial charge in [-0.15, -0.1) is 0 Å². The summed E-state index contributed by atoms with van der Waals surface area (Å²) < 4.78 is 7.18. The number of aryl methyl sites for hydroxylation is 3. The van der Waals surface area contributed by atoms with Crippen LogP contribution < -0.4 is 15.8 Å². The van der Waals surface area contributed by atoms with E-state index in [1.165, 1.54) is 4.57 Å². The highest BCUT2D eigenvalue weighted by Crippen LogP contribution is 2.36. The van der Waals surface area contributed by atoms with E-state index in [-0.39, 0.29) is 23.6 Å². The zero-order valence-corrected chi connectivity index (χ0v) is 21.3. The molecule has 4 aromatic rings. The second-order valence-electron chi connectivity index (χ2n) is 9.57. The van der Waals surface area contributed by atoms with Crippen LogP contribution in [0.5, 0.6) is 0 Å². The van der Waals surface area contributed by atoms with E-state index in [0.717, 1.165) is 46.1 Å². The van der Waals surface area contributed by atoms with Gasteiger partial charge in [0.25, 0.3) is 5.56 Å². The standard InChI is InChI=1S/C28H30N6O3/c1-17-6-4-5-7-20(17)26-31-27(37-32-26)19-8-11-34(12-9-19)25-21-14-18(2)23(30-10-13-35)15-24(21)33(3)28(36)22(25)16-29/h4-7,14-15,19,30,35H,8-13H2,1-3H3. The van der Waals surface area contributed by atoms with Gasteiger partial charge in [-0.25, -0.2) is 0 Å². The van der Waals surface area contributed by atoms with Crippen molar-refractivity contribution < 1.29 is 9.63 Å². The van der Waals surface area contributed by atoms with Gasteiger partial charge in [-0.2, -0.15) is 10.2 Å². The van der Waals surface area contributed by atoms with Crippen molar-refractivity contribution in [2.24, 2.45) is 7.05 Å². The monoisotopic (exact) mass is 498 g/mol. The maximum atomic E-state index is 13.2. The Balaban J connectivity index is 1.45. The zero-order chi connectivity index (χ0) is 26.1. The van der Waals surface area contributed by atoms with Gasteiger partial charge in [-0.3, -0.25) is 4.79 Å². The first-order valence-electron chi connectivity index (χ1n) is 12.5. The average molecular weight is 499 g/mol. The number of hydrogen-bond acceptors (Lipinski definition) is 8. The summed E-state index contributed by atoms with van der Waals surface area (Å²) in [5.74, 6) is 1.34. The van der Waals surface area contributed by atoms with Crippen molar-refractivity contribution in [3.05, 3.63) is 69.3 Å². The summed E-state index contributed by atoms with van der Waals surface area (Å²) in [7, 11) is 1.69. The van der Waals surface area contributed by atoms with Crippen LogP contribution in [0.2, 0.25) is 0 Å². The first-order valence-corrected chi connectivity index (χ1v) is 12.5. The Labute approximate surface area is 215 Å². The van der Waals surface area contributed by atoms with Gasteiger partial charge in [-0.05, 0) is 49.9 Å². The number of nitrogens with one attached hydrogen (secondary N) is 1. The lowest BCUT2D eigenvalue weighted by Gasteiger charge is -2.33. The number of fused-ring (bicyclic) bond motifs is 1. The molecule has 0 unspecified atom stereocenters. The number of anilines is 2. The number of nitrogens with zero attached hydrogens (tertiary/aromatic N) is 5. The molecule has 0 saturated carbocycles. The molecule has 0 aliphatic carbocycles. The van der Waals surface area contributed by atoms with E-state index < -0.39 is 0 Å². The van der Waals surface area contributed by atoms with Crippen molar-refractivity contribution in [1.29, 1.82) is 5.26 Å². The quantitative estimate of drug-likeness (QED) is 0.411. The lowest BCUT2D eigenvalue weighted by atomic mass is 9.95. The van der Waals surface area contributed by atoms with Crippen LogP contribution in [-0.4, -0.2) is 46.1 Å². The van der Waals surface area contributed by atoms with Gasteiger partial charge in [0.1, 0.15) is 11.6 Å². The predicted molar refractivity (Wildman–Crippen MR) is 143 cm³/mol. The van der Waals surface area contributed by atoms with Gasteiger partial charge < -0.3 is 24.4 Å². The van der Waals surface area contributed by atoms with E-state index in [1.54, 1.807) is 7.05 Å². The highest BCUT2D eigenvalue weighted by atomic mass is 16.5. The Bertz CT molecular complexity index is 1560. The lowest BCUT2D eigenvalue weighted by Crippen LogP contribution is -2.36. The number of benzene rings is 2. The van der Waals surface area contributed by atoms with Crippen molar-refractivity contribution >= 4 is 22.3 Å². The number of rotatable bonds is 6. The molecule has 0 amide bonds. The molecule has 0 spiro atoms. The van der Waals surface area contributed by atoms with Gasteiger partial charge in [0.05, 0.1) is 17.8 Å². The summed E-state index contributed by atoms with van der Waals surface area (Å²) >= 11 is 0. The molecule has 1 saturated heterocycles. The van der Waals surface area contributed by atoms with E-state index in [9.17, 15) is 15.2 Å². The molecule has 190 valence electrons. The van der Waals surface area contributed by atoms with Crippen molar-refractivity contribution in [2.75, 3.05) is 36.5 Å². The third-order valence-corrected chi connectivity index (χ3v) is 7.24. The van der Waals surface area contributed by atoms with Gasteiger partial charge in [0.15, 0.2) is 0 Å². The SMILES string of the molecule is Cc1cc2c(N3CCC(c4nc(-c5ccccc5C)no4)CC3)c(C#N)c(=O)n(C)c2cc1NCCO. The minimum Gasteiger partial charge on any atom is -0.395 e. The lowest BCUT2D eigenvalue weighted by molar-refractivity contribution is 0.311. The van der Waals surface area contributed by atoms with Crippen molar-refractivity contribution in [2.45, 2.75) is 32.6 Å². The maximum Gasteiger partial charge on any atom is 0.270 e. The van der Waals surface area contributed by atoms with E-state index >= 15 is 0 Å². The highest BCUT2D eigenvalue weighted by Gasteiger charge is 2.29. The normalized spacial score (nSPS) is 14.2. The van der Waals surface area contributed by atoms with Crippen LogP contribution in [0.4, 0.5) is 11.4 Å². The second-order valence-corrected chi connectivity index (χ2v) is 9.57. The van der Waals surface area contributed by atoms with E-state index in [1.807, 2.05) is 50.2 Å². The summed E-state index contributed by atoms with van der Waals surface area (Å²) in [6, 6.07) is 14.1. The van der Waals surface area contributed by atoms with Crippen LogP contribution in [0, 0.1) is 25.2 Å². The third kappa shape index (κ3) is 4.45. The van der Waals surface area contributed by atoms with Gasteiger partial charge in [0.2, 0.25) is 11.7 Å². The van der Waals surface area contributed by atoms with Gasteiger partial charge >= 0.3 is 0 Å². The fraction of sp³-hybridized carbons (Fsp3) is 0.357. The first-order chi connectivity index (χ1) is 17.9. The number of aromatic nitrogens is 3. The molecule has 2 aromatic heterocycles. The predicted octanol–water partition coefficient (Wildman–Crippen LogP) is 3.87. The molecule has 2 N–H and O–H groups in total. The summed E-state index contributed by atoms with van der Waals surface area (Å²) in [4.78, 5) is 20.0. The molecule has 5 rings (SSSR count). The number of aliphatic hydroxyl groups excluding tert-OH is 1. The first kappa shape index (κ1) is 24.5. The number of nitriles is 1. The minimum atomic E-state index is -0.316. The van der Waals surface area contributed by atoms with Crippen molar-refractivity contribution in [3.63, 3.8) is 0 Å². The summed E-state index contributed by atoms with van der Waals surface area (Å²) in [6.45, 7) is 5.75. The maximum absolute atomic E-state index is 13.2. The molecule has 0 radical (unpaired) electrons. The summed E-state index contributed by atoms with van der Waals surface area (Å²) in [5.41, 5.74) is 5.15. The Hall–Kier alpha value is -4.16. The second kappa shape index (κ2) is 10.1. The topological polar surface area (TPSA) is 120 Å². The number of piperidine rings is 1. The fourth-order valence-corrected chi connectivity index (χ4v) is 5.17. The van der Waals surface area contributed by atoms with E-state index in [4.69, 9.17) is 9.51 Å². The minimum absolute atomic E-state index is 0.0104. The molecule has 9 heteroatoms. The van der Waals surface area contributed by atoms with Gasteiger partial charge in [-0.1, -0.05) is 29.4 Å². The average Bonchev–Trinajstić information content (AvgIpc) is 3.40. The third-order valence-electron chi connectivity index (χ3n) is 7.24. The molecule has 2 aromatic carbocycles. The summed E-state index contributed by atoms with van der Waals surface area (Å²) in [5, 5.41) is 27.5.